The molecule has 1 aromatic heterocycles. The van der Waals surface area contributed by atoms with Crippen molar-refractivity contribution in [3.8, 4) is 0 Å². The number of sulfonamides is 1. The third-order valence-electron chi connectivity index (χ3n) is 3.00. The fourth-order valence-corrected chi connectivity index (χ4v) is 3.15. The maximum Gasteiger partial charge on any atom is 0.241 e. The summed E-state index contributed by atoms with van der Waals surface area (Å²) < 4.78 is 45.5. The second-order valence-corrected chi connectivity index (χ2v) is 6.39. The molecule has 0 bridgehead atoms. The second kappa shape index (κ2) is 5.92. The van der Waals surface area contributed by atoms with Gasteiger partial charge in [-0.2, -0.15) is 0 Å². The number of hydrogen-bond acceptors (Lipinski definition) is 5. The number of benzene rings is 1. The second-order valence-electron chi connectivity index (χ2n) is 4.66. The zero-order valence-electron chi connectivity index (χ0n) is 11.7. The fraction of sp³-hybridized carbons (Fsp3) is 0.308. The van der Waals surface area contributed by atoms with E-state index < -0.39 is 15.8 Å². The summed E-state index contributed by atoms with van der Waals surface area (Å²) in [5.74, 6) is -0.0212. The number of rotatable bonds is 5. The van der Waals surface area contributed by atoms with Crippen molar-refractivity contribution in [2.45, 2.75) is 31.8 Å². The van der Waals surface area contributed by atoms with Gasteiger partial charge < -0.3 is 10.3 Å². The zero-order valence-corrected chi connectivity index (χ0v) is 12.5. The van der Waals surface area contributed by atoms with E-state index in [0.717, 1.165) is 0 Å². The molecule has 2 rings (SSSR count). The first-order valence-corrected chi connectivity index (χ1v) is 7.72. The van der Waals surface area contributed by atoms with Crippen LogP contribution in [0.4, 0.5) is 4.39 Å². The number of aromatic nitrogens is 1. The van der Waals surface area contributed by atoms with E-state index in [-0.39, 0.29) is 23.5 Å². The molecular weight excluding hydrogens is 297 g/mol. The Morgan fingerprint density at radius 2 is 2.05 bits per heavy atom. The predicted octanol–water partition coefficient (Wildman–Crippen LogP) is 1.37. The van der Waals surface area contributed by atoms with Crippen molar-refractivity contribution < 1.29 is 17.3 Å². The van der Waals surface area contributed by atoms with E-state index in [2.05, 4.69) is 9.88 Å². The molecular formula is C13H16FN3O3S. The summed E-state index contributed by atoms with van der Waals surface area (Å²) in [6.45, 7) is 3.13. The Morgan fingerprint density at radius 3 is 2.62 bits per heavy atom. The molecule has 2 aromatic rings. The van der Waals surface area contributed by atoms with Crippen molar-refractivity contribution in [3.63, 3.8) is 0 Å². The van der Waals surface area contributed by atoms with Gasteiger partial charge in [0.2, 0.25) is 10.0 Å². The van der Waals surface area contributed by atoms with E-state index in [0.29, 0.717) is 17.0 Å². The molecule has 0 saturated heterocycles. The highest BCUT2D eigenvalue weighted by Crippen LogP contribution is 2.20. The minimum atomic E-state index is -3.86. The van der Waals surface area contributed by atoms with Crippen molar-refractivity contribution in [1.29, 1.82) is 0 Å². The lowest BCUT2D eigenvalue weighted by Crippen LogP contribution is -2.24. The fourth-order valence-electron chi connectivity index (χ4n) is 1.85. The maximum absolute atomic E-state index is 13.7. The molecule has 0 aliphatic rings. The van der Waals surface area contributed by atoms with E-state index in [9.17, 15) is 12.8 Å². The maximum atomic E-state index is 13.7. The number of hydrogen-bond donors (Lipinski definition) is 2. The molecule has 0 fully saturated rings. The quantitative estimate of drug-likeness (QED) is 0.868. The molecule has 0 aliphatic carbocycles. The van der Waals surface area contributed by atoms with E-state index in [1.54, 1.807) is 13.0 Å². The number of nitrogens with one attached hydrogen (secondary N) is 1. The van der Waals surface area contributed by atoms with Gasteiger partial charge in [0.15, 0.2) is 0 Å². The van der Waals surface area contributed by atoms with E-state index in [1.807, 2.05) is 0 Å². The molecule has 0 spiro atoms. The molecule has 6 nitrogen and oxygen atoms in total. The largest absolute Gasteiger partial charge is 0.361 e. The average molecular weight is 313 g/mol. The summed E-state index contributed by atoms with van der Waals surface area (Å²) in [6, 6.07) is 4.22. The van der Waals surface area contributed by atoms with Crippen LogP contribution in [-0.4, -0.2) is 13.6 Å². The van der Waals surface area contributed by atoms with Gasteiger partial charge in [0, 0.05) is 18.2 Å². The summed E-state index contributed by atoms with van der Waals surface area (Å²) in [4.78, 5) is -0.122. The van der Waals surface area contributed by atoms with Crippen LogP contribution in [0.3, 0.4) is 0 Å². The third-order valence-corrected chi connectivity index (χ3v) is 4.53. The Labute approximate surface area is 122 Å². The Hall–Kier alpha value is -1.77. The van der Waals surface area contributed by atoms with Crippen LogP contribution in [0.1, 0.15) is 22.6 Å². The standard InChI is InChI=1S/C13H16FN3O3S/c1-8-3-11(17-20-8)7-16-21(18,19)13-5-10(6-15)4-12(14)9(13)2/h3-5,16H,6-7,15H2,1-2H3. The van der Waals surface area contributed by atoms with Gasteiger partial charge in [-0.15, -0.1) is 0 Å². The summed E-state index contributed by atoms with van der Waals surface area (Å²) in [6.07, 6.45) is 0. The topological polar surface area (TPSA) is 98.2 Å². The Bertz CT molecular complexity index is 756. The third kappa shape index (κ3) is 3.46. The van der Waals surface area contributed by atoms with Crippen LogP contribution in [0.2, 0.25) is 0 Å². The first-order chi connectivity index (χ1) is 9.83. The first kappa shape index (κ1) is 15.6. The van der Waals surface area contributed by atoms with Gasteiger partial charge >= 0.3 is 0 Å². The number of nitrogens with two attached hydrogens (primary N) is 1. The smallest absolute Gasteiger partial charge is 0.241 e. The van der Waals surface area contributed by atoms with Gasteiger partial charge in [-0.3, -0.25) is 0 Å². The SMILES string of the molecule is Cc1cc(CNS(=O)(=O)c2cc(CN)cc(F)c2C)no1. The van der Waals surface area contributed by atoms with Crippen molar-refractivity contribution in [2.24, 2.45) is 5.73 Å². The lowest BCUT2D eigenvalue weighted by Gasteiger charge is -2.11. The summed E-state index contributed by atoms with van der Waals surface area (Å²) in [7, 11) is -3.86. The number of halogens is 1. The van der Waals surface area contributed by atoms with Gasteiger partial charge in [0.25, 0.3) is 0 Å². The van der Waals surface area contributed by atoms with Crippen LogP contribution in [0.5, 0.6) is 0 Å². The molecule has 8 heteroatoms. The van der Waals surface area contributed by atoms with Crippen molar-refractivity contribution in [1.82, 2.24) is 9.88 Å². The van der Waals surface area contributed by atoms with Gasteiger partial charge in [-0.1, -0.05) is 5.16 Å². The molecule has 1 heterocycles. The Kier molecular flexibility index (Phi) is 4.40. The van der Waals surface area contributed by atoms with Gasteiger partial charge in [-0.25, -0.2) is 17.5 Å². The van der Waals surface area contributed by atoms with Crippen molar-refractivity contribution >= 4 is 10.0 Å². The first-order valence-electron chi connectivity index (χ1n) is 6.24. The minimum absolute atomic E-state index is 0.0341. The molecule has 0 radical (unpaired) electrons. The van der Waals surface area contributed by atoms with Crippen molar-refractivity contribution in [2.75, 3.05) is 0 Å². The predicted molar refractivity (Wildman–Crippen MR) is 74.3 cm³/mol. The van der Waals surface area contributed by atoms with Crippen LogP contribution in [0, 0.1) is 19.7 Å². The Balaban J connectivity index is 2.29. The summed E-state index contributed by atoms with van der Waals surface area (Å²) >= 11 is 0. The molecule has 0 amide bonds. The van der Waals surface area contributed by atoms with Crippen LogP contribution in [0.25, 0.3) is 0 Å². The number of aryl methyl sites for hydroxylation is 1. The van der Waals surface area contributed by atoms with E-state index in [1.165, 1.54) is 19.1 Å². The van der Waals surface area contributed by atoms with Gasteiger partial charge in [0.1, 0.15) is 11.6 Å². The average Bonchev–Trinajstić information content (AvgIpc) is 2.85. The normalized spacial score (nSPS) is 11.8. The Morgan fingerprint density at radius 1 is 1.33 bits per heavy atom. The van der Waals surface area contributed by atoms with Crippen LogP contribution >= 0.6 is 0 Å². The highest BCUT2D eigenvalue weighted by atomic mass is 32.2. The van der Waals surface area contributed by atoms with Gasteiger partial charge in [-0.05, 0) is 31.5 Å². The number of nitrogens with zero attached hydrogens (tertiary/aromatic N) is 1. The molecule has 21 heavy (non-hydrogen) atoms. The van der Waals surface area contributed by atoms with Gasteiger partial charge in [0.05, 0.1) is 17.1 Å². The molecule has 3 N–H and O–H groups in total. The lowest BCUT2D eigenvalue weighted by atomic mass is 10.1. The molecule has 0 unspecified atom stereocenters. The lowest BCUT2D eigenvalue weighted by molar-refractivity contribution is 0.390. The minimum Gasteiger partial charge on any atom is -0.361 e. The molecule has 0 aliphatic heterocycles. The van der Waals surface area contributed by atoms with E-state index in [4.69, 9.17) is 10.3 Å². The van der Waals surface area contributed by atoms with Crippen LogP contribution in [0.15, 0.2) is 27.6 Å². The highest BCUT2D eigenvalue weighted by molar-refractivity contribution is 7.89. The van der Waals surface area contributed by atoms with Crippen LogP contribution in [-0.2, 0) is 23.1 Å². The summed E-state index contributed by atoms with van der Waals surface area (Å²) in [5, 5.41) is 3.69. The van der Waals surface area contributed by atoms with Crippen LogP contribution < -0.4 is 10.5 Å². The monoisotopic (exact) mass is 313 g/mol. The van der Waals surface area contributed by atoms with Crippen molar-refractivity contribution in [3.05, 3.63) is 46.6 Å². The molecule has 114 valence electrons. The van der Waals surface area contributed by atoms with E-state index >= 15 is 0 Å². The highest BCUT2D eigenvalue weighted by Gasteiger charge is 2.20. The molecule has 1 aromatic carbocycles. The molecule has 0 atom stereocenters. The molecule has 0 saturated carbocycles. The zero-order chi connectivity index (χ0) is 15.6. The summed E-state index contributed by atoms with van der Waals surface area (Å²) in [5.41, 5.74) is 6.36.